The van der Waals surface area contributed by atoms with Crippen molar-refractivity contribution in [3.63, 3.8) is 0 Å². The number of urea groups is 1. The maximum Gasteiger partial charge on any atom is 0.338 e. The van der Waals surface area contributed by atoms with E-state index < -0.39 is 12.0 Å². The molecule has 0 bridgehead atoms. The number of amides is 3. The molecule has 1 aromatic carbocycles. The quantitative estimate of drug-likeness (QED) is 0.525. The molecule has 0 fully saturated rings. The van der Waals surface area contributed by atoms with E-state index in [9.17, 15) is 14.4 Å². The van der Waals surface area contributed by atoms with Crippen LogP contribution in [0.3, 0.4) is 0 Å². The molecule has 0 spiro atoms. The lowest BCUT2D eigenvalue weighted by molar-refractivity contribution is -0.139. The van der Waals surface area contributed by atoms with E-state index in [1.807, 2.05) is 6.07 Å². The van der Waals surface area contributed by atoms with Crippen molar-refractivity contribution < 1.29 is 19.1 Å². The lowest BCUT2D eigenvalue weighted by Crippen LogP contribution is -2.46. The molecular weight excluding hydrogens is 358 g/mol. The summed E-state index contributed by atoms with van der Waals surface area (Å²) in [6, 6.07) is 6.23. The van der Waals surface area contributed by atoms with Crippen LogP contribution in [0, 0.1) is 0 Å². The Bertz CT molecular complexity index is 773. The second kappa shape index (κ2) is 9.92. The van der Waals surface area contributed by atoms with Crippen molar-refractivity contribution >= 4 is 23.6 Å². The lowest BCUT2D eigenvalue weighted by Gasteiger charge is -2.33. The van der Waals surface area contributed by atoms with E-state index in [0.29, 0.717) is 28.9 Å². The van der Waals surface area contributed by atoms with Gasteiger partial charge >= 0.3 is 12.0 Å². The third-order valence-electron chi connectivity index (χ3n) is 4.76. The first-order valence-corrected chi connectivity index (χ1v) is 9.70. The molecule has 28 heavy (non-hydrogen) atoms. The number of hydrogen-bond acceptors (Lipinski definition) is 4. The van der Waals surface area contributed by atoms with E-state index in [1.165, 1.54) is 4.90 Å². The van der Waals surface area contributed by atoms with Crippen LogP contribution in [0.2, 0.25) is 0 Å². The number of anilines is 1. The summed E-state index contributed by atoms with van der Waals surface area (Å²) in [5.41, 5.74) is 2.26. The van der Waals surface area contributed by atoms with Crippen molar-refractivity contribution in [1.82, 2.24) is 10.2 Å². The van der Waals surface area contributed by atoms with E-state index in [4.69, 9.17) is 4.74 Å². The minimum atomic E-state index is -0.639. The summed E-state index contributed by atoms with van der Waals surface area (Å²) in [6.45, 7) is 5.79. The molecule has 1 aliphatic rings. The SMILES string of the molecule is CCCCCC(=O)Nc1cccc([C@@H]2NC(=O)N(C)C(C)=C2C(=O)OCC)c1. The Labute approximate surface area is 166 Å². The number of benzene rings is 1. The molecule has 1 aromatic rings. The van der Waals surface area contributed by atoms with Crippen LogP contribution in [-0.2, 0) is 14.3 Å². The molecule has 2 rings (SSSR count). The number of hydrogen-bond donors (Lipinski definition) is 2. The van der Waals surface area contributed by atoms with Crippen molar-refractivity contribution in [2.75, 3.05) is 19.0 Å². The minimum Gasteiger partial charge on any atom is -0.463 e. The zero-order valence-corrected chi connectivity index (χ0v) is 17.0. The smallest absolute Gasteiger partial charge is 0.338 e. The van der Waals surface area contributed by atoms with Crippen LogP contribution in [0.4, 0.5) is 10.5 Å². The van der Waals surface area contributed by atoms with Gasteiger partial charge in [-0.15, -0.1) is 0 Å². The van der Waals surface area contributed by atoms with Gasteiger partial charge in [0.1, 0.15) is 0 Å². The van der Waals surface area contributed by atoms with E-state index in [-0.39, 0.29) is 18.5 Å². The highest BCUT2D eigenvalue weighted by molar-refractivity contribution is 5.95. The van der Waals surface area contributed by atoms with Crippen LogP contribution < -0.4 is 10.6 Å². The van der Waals surface area contributed by atoms with Gasteiger partial charge in [0, 0.05) is 24.9 Å². The Morgan fingerprint density at radius 1 is 1.25 bits per heavy atom. The third kappa shape index (κ3) is 5.12. The number of carbonyl (C=O) groups is 3. The number of nitrogens with one attached hydrogen (secondary N) is 2. The maximum absolute atomic E-state index is 12.5. The first-order chi connectivity index (χ1) is 13.4. The average Bonchev–Trinajstić information content (AvgIpc) is 2.66. The Morgan fingerprint density at radius 2 is 2.00 bits per heavy atom. The van der Waals surface area contributed by atoms with Crippen molar-refractivity contribution in [1.29, 1.82) is 0 Å². The fraction of sp³-hybridized carbons (Fsp3) is 0.476. The predicted molar refractivity (Wildman–Crippen MR) is 108 cm³/mol. The Morgan fingerprint density at radius 3 is 2.68 bits per heavy atom. The lowest BCUT2D eigenvalue weighted by atomic mass is 9.94. The van der Waals surface area contributed by atoms with Gasteiger partial charge < -0.3 is 20.3 Å². The normalized spacial score (nSPS) is 16.6. The summed E-state index contributed by atoms with van der Waals surface area (Å²) >= 11 is 0. The van der Waals surface area contributed by atoms with Crippen LogP contribution in [0.1, 0.15) is 58.1 Å². The highest BCUT2D eigenvalue weighted by Gasteiger charge is 2.35. The van der Waals surface area contributed by atoms with Gasteiger partial charge in [0.15, 0.2) is 0 Å². The molecule has 3 amide bonds. The largest absolute Gasteiger partial charge is 0.463 e. The molecule has 0 saturated heterocycles. The minimum absolute atomic E-state index is 0.0460. The highest BCUT2D eigenvalue weighted by atomic mass is 16.5. The summed E-state index contributed by atoms with van der Waals surface area (Å²) in [6.07, 6.45) is 3.39. The van der Waals surface area contributed by atoms with Gasteiger partial charge in [-0.2, -0.15) is 0 Å². The number of ether oxygens (including phenoxy) is 1. The fourth-order valence-electron chi connectivity index (χ4n) is 3.11. The first kappa shape index (κ1) is 21.5. The van der Waals surface area contributed by atoms with E-state index in [1.54, 1.807) is 39.1 Å². The van der Waals surface area contributed by atoms with Crippen LogP contribution in [0.15, 0.2) is 35.5 Å². The van der Waals surface area contributed by atoms with Gasteiger partial charge in [0.05, 0.1) is 18.2 Å². The molecule has 7 nitrogen and oxygen atoms in total. The molecule has 1 aliphatic heterocycles. The molecule has 1 heterocycles. The molecule has 0 unspecified atom stereocenters. The van der Waals surface area contributed by atoms with Gasteiger partial charge in [0.25, 0.3) is 0 Å². The van der Waals surface area contributed by atoms with E-state index in [2.05, 4.69) is 17.6 Å². The zero-order valence-electron chi connectivity index (χ0n) is 17.0. The topological polar surface area (TPSA) is 87.7 Å². The van der Waals surface area contributed by atoms with Gasteiger partial charge in [-0.25, -0.2) is 9.59 Å². The molecule has 0 aliphatic carbocycles. The van der Waals surface area contributed by atoms with Crippen molar-refractivity contribution in [2.24, 2.45) is 0 Å². The van der Waals surface area contributed by atoms with Gasteiger partial charge in [-0.3, -0.25) is 4.79 Å². The fourth-order valence-corrected chi connectivity index (χ4v) is 3.11. The zero-order chi connectivity index (χ0) is 20.7. The van der Waals surface area contributed by atoms with Crippen molar-refractivity contribution in [2.45, 2.75) is 52.5 Å². The molecule has 1 atom stereocenters. The van der Waals surface area contributed by atoms with Gasteiger partial charge in [-0.05, 0) is 38.0 Å². The number of unbranched alkanes of at least 4 members (excludes halogenated alkanes) is 2. The second-order valence-electron chi connectivity index (χ2n) is 6.79. The van der Waals surface area contributed by atoms with Gasteiger partial charge in [-0.1, -0.05) is 31.9 Å². The van der Waals surface area contributed by atoms with Crippen molar-refractivity contribution in [3.8, 4) is 0 Å². The Balaban J connectivity index is 2.28. The molecule has 0 aromatic heterocycles. The van der Waals surface area contributed by atoms with Crippen LogP contribution >= 0.6 is 0 Å². The van der Waals surface area contributed by atoms with Crippen LogP contribution in [0.5, 0.6) is 0 Å². The molecule has 0 radical (unpaired) electrons. The van der Waals surface area contributed by atoms with Gasteiger partial charge in [0.2, 0.25) is 5.91 Å². The summed E-state index contributed by atoms with van der Waals surface area (Å²) < 4.78 is 5.19. The highest BCUT2D eigenvalue weighted by Crippen LogP contribution is 2.31. The average molecular weight is 387 g/mol. The summed E-state index contributed by atoms with van der Waals surface area (Å²) in [7, 11) is 1.60. The molecule has 152 valence electrons. The summed E-state index contributed by atoms with van der Waals surface area (Å²) in [5, 5.41) is 5.73. The van der Waals surface area contributed by atoms with Crippen LogP contribution in [-0.4, -0.2) is 36.5 Å². The number of carbonyl (C=O) groups excluding carboxylic acids is 3. The van der Waals surface area contributed by atoms with Crippen LogP contribution in [0.25, 0.3) is 0 Å². The number of esters is 1. The summed E-state index contributed by atoms with van der Waals surface area (Å²) in [5.74, 6) is -0.513. The van der Waals surface area contributed by atoms with E-state index >= 15 is 0 Å². The number of nitrogens with zero attached hydrogens (tertiary/aromatic N) is 1. The number of allylic oxidation sites excluding steroid dienone is 1. The Kier molecular flexibility index (Phi) is 7.61. The Hall–Kier alpha value is -2.83. The first-order valence-electron chi connectivity index (χ1n) is 9.70. The third-order valence-corrected chi connectivity index (χ3v) is 4.76. The monoisotopic (exact) mass is 387 g/mol. The standard InChI is InChI=1S/C21H29N3O4/c1-5-7-8-12-17(25)22-16-11-9-10-15(13-16)19-18(20(26)28-6-2)14(3)24(4)21(27)23-19/h9-11,13,19H,5-8,12H2,1-4H3,(H,22,25)(H,23,27)/t19-/m0/s1. The van der Waals surface area contributed by atoms with Crippen molar-refractivity contribution in [3.05, 3.63) is 41.1 Å². The molecular formula is C21H29N3O4. The second-order valence-corrected chi connectivity index (χ2v) is 6.79. The summed E-state index contributed by atoms with van der Waals surface area (Å²) in [4.78, 5) is 38.3. The molecule has 7 heteroatoms. The predicted octanol–water partition coefficient (Wildman–Crippen LogP) is 3.74. The molecule has 2 N–H and O–H groups in total. The van der Waals surface area contributed by atoms with E-state index in [0.717, 1.165) is 19.3 Å². The molecule has 0 saturated carbocycles. The number of rotatable bonds is 8. The maximum atomic E-state index is 12.5.